The van der Waals surface area contributed by atoms with Crippen molar-refractivity contribution in [2.75, 3.05) is 6.61 Å². The van der Waals surface area contributed by atoms with Crippen LogP contribution in [0.2, 0.25) is 0 Å². The second-order valence-electron chi connectivity index (χ2n) is 5.14. The molecule has 2 aromatic rings. The molecule has 1 amide bonds. The van der Waals surface area contributed by atoms with Gasteiger partial charge in [-0.25, -0.2) is 5.43 Å². The number of carbonyl (C=O) groups is 1. The highest BCUT2D eigenvalue weighted by atomic mass is 79.9. The van der Waals surface area contributed by atoms with Gasteiger partial charge in [-0.2, -0.15) is 18.3 Å². The van der Waals surface area contributed by atoms with Crippen molar-refractivity contribution in [1.82, 2.24) is 5.43 Å². The number of hydrogen-bond donors (Lipinski definition) is 1. The van der Waals surface area contributed by atoms with Gasteiger partial charge in [-0.15, -0.1) is 0 Å². The minimum absolute atomic E-state index is 0.220. The van der Waals surface area contributed by atoms with Gasteiger partial charge in [-0.3, -0.25) is 4.79 Å². The highest BCUT2D eigenvalue weighted by Crippen LogP contribution is 2.29. The zero-order valence-corrected chi connectivity index (χ0v) is 14.7. The average molecular weight is 415 g/mol. The van der Waals surface area contributed by atoms with Crippen molar-refractivity contribution in [2.45, 2.75) is 13.1 Å². The number of aryl methyl sites for hydroxylation is 1. The molecule has 0 unspecified atom stereocenters. The van der Waals surface area contributed by atoms with Crippen LogP contribution in [0.15, 0.2) is 52.0 Å². The number of rotatable bonds is 5. The maximum Gasteiger partial charge on any atom is 0.416 e. The van der Waals surface area contributed by atoms with Gasteiger partial charge in [0.05, 0.1) is 16.3 Å². The molecule has 0 saturated carbocycles. The Bertz CT molecular complexity index is 792. The average Bonchev–Trinajstić information content (AvgIpc) is 2.53. The zero-order valence-electron chi connectivity index (χ0n) is 13.1. The maximum absolute atomic E-state index is 12.6. The standard InChI is InChI=1S/C17H14BrF3N2O2/c1-11-5-6-15(14(18)7-11)25-10-16(24)23-22-9-12-3-2-4-13(8-12)17(19,20)21/h2-9H,10H2,1H3,(H,23,24). The van der Waals surface area contributed by atoms with E-state index in [1.54, 1.807) is 6.07 Å². The van der Waals surface area contributed by atoms with Gasteiger partial charge in [-0.05, 0) is 58.2 Å². The third-order valence-electron chi connectivity index (χ3n) is 3.06. The van der Waals surface area contributed by atoms with Crippen LogP contribution in [0.3, 0.4) is 0 Å². The van der Waals surface area contributed by atoms with Gasteiger partial charge < -0.3 is 4.74 Å². The molecule has 0 atom stereocenters. The highest BCUT2D eigenvalue weighted by Gasteiger charge is 2.30. The molecule has 0 aliphatic rings. The van der Waals surface area contributed by atoms with Crippen LogP contribution in [-0.2, 0) is 11.0 Å². The fourth-order valence-corrected chi connectivity index (χ4v) is 2.48. The van der Waals surface area contributed by atoms with Crippen LogP contribution in [-0.4, -0.2) is 18.7 Å². The number of alkyl halides is 3. The number of hydrogen-bond acceptors (Lipinski definition) is 3. The summed E-state index contributed by atoms with van der Waals surface area (Å²) in [7, 11) is 0. The quantitative estimate of drug-likeness (QED) is 0.585. The molecule has 4 nitrogen and oxygen atoms in total. The second kappa shape index (κ2) is 8.15. The SMILES string of the molecule is Cc1ccc(OCC(=O)NN=Cc2cccc(C(F)(F)F)c2)c(Br)c1. The predicted octanol–water partition coefficient (Wildman–Crippen LogP) is 4.31. The summed E-state index contributed by atoms with van der Waals surface area (Å²) in [4.78, 5) is 11.7. The van der Waals surface area contributed by atoms with E-state index in [1.165, 1.54) is 12.1 Å². The lowest BCUT2D eigenvalue weighted by Gasteiger charge is -2.08. The molecule has 0 fully saturated rings. The van der Waals surface area contributed by atoms with E-state index in [-0.39, 0.29) is 12.2 Å². The van der Waals surface area contributed by atoms with E-state index in [0.717, 1.165) is 23.9 Å². The fourth-order valence-electron chi connectivity index (χ4n) is 1.87. The summed E-state index contributed by atoms with van der Waals surface area (Å²) < 4.78 is 43.9. The molecule has 0 radical (unpaired) electrons. The Morgan fingerprint density at radius 2 is 2.04 bits per heavy atom. The van der Waals surface area contributed by atoms with Gasteiger partial charge in [0.1, 0.15) is 5.75 Å². The van der Waals surface area contributed by atoms with Crippen LogP contribution >= 0.6 is 15.9 Å². The summed E-state index contributed by atoms with van der Waals surface area (Å²) in [6.45, 7) is 1.64. The Morgan fingerprint density at radius 1 is 1.28 bits per heavy atom. The third-order valence-corrected chi connectivity index (χ3v) is 3.68. The molecule has 0 saturated heterocycles. The Hall–Kier alpha value is -2.35. The lowest BCUT2D eigenvalue weighted by Crippen LogP contribution is -2.24. The summed E-state index contributed by atoms with van der Waals surface area (Å²) in [6, 6.07) is 10.0. The Morgan fingerprint density at radius 3 is 2.72 bits per heavy atom. The molecule has 1 N–H and O–H groups in total. The fraction of sp³-hybridized carbons (Fsp3) is 0.176. The first-order valence-corrected chi connectivity index (χ1v) is 7.93. The van der Waals surface area contributed by atoms with Crippen molar-refractivity contribution in [1.29, 1.82) is 0 Å². The smallest absolute Gasteiger partial charge is 0.416 e. The minimum atomic E-state index is -4.43. The summed E-state index contributed by atoms with van der Waals surface area (Å²) in [5.74, 6) is -0.0293. The van der Waals surface area contributed by atoms with E-state index in [1.807, 2.05) is 19.1 Å². The Kier molecular flexibility index (Phi) is 6.19. The van der Waals surface area contributed by atoms with Crippen LogP contribution in [0.1, 0.15) is 16.7 Å². The van der Waals surface area contributed by atoms with Crippen LogP contribution in [0.4, 0.5) is 13.2 Å². The van der Waals surface area contributed by atoms with Crippen molar-refractivity contribution >= 4 is 28.1 Å². The predicted molar refractivity (Wildman–Crippen MR) is 91.6 cm³/mol. The molecule has 0 heterocycles. The van der Waals surface area contributed by atoms with Crippen LogP contribution in [0.25, 0.3) is 0 Å². The van der Waals surface area contributed by atoms with Crippen LogP contribution < -0.4 is 10.2 Å². The van der Waals surface area contributed by atoms with E-state index in [0.29, 0.717) is 10.2 Å². The topological polar surface area (TPSA) is 50.7 Å². The Balaban J connectivity index is 1.88. The number of ether oxygens (including phenoxy) is 1. The van der Waals surface area contributed by atoms with Gasteiger partial charge in [0.15, 0.2) is 6.61 Å². The summed E-state index contributed by atoms with van der Waals surface area (Å²) in [5, 5.41) is 3.63. The zero-order chi connectivity index (χ0) is 18.4. The molecule has 0 spiro atoms. The van der Waals surface area contributed by atoms with Crippen molar-refractivity contribution in [2.24, 2.45) is 5.10 Å². The molecule has 0 aliphatic heterocycles. The number of halogens is 4. The number of nitrogens with zero attached hydrogens (tertiary/aromatic N) is 1. The van der Waals surface area contributed by atoms with Crippen LogP contribution in [0, 0.1) is 6.92 Å². The summed E-state index contributed by atoms with van der Waals surface area (Å²) >= 11 is 3.32. The minimum Gasteiger partial charge on any atom is -0.483 e. The van der Waals surface area contributed by atoms with Crippen molar-refractivity contribution < 1.29 is 22.7 Å². The largest absolute Gasteiger partial charge is 0.483 e. The van der Waals surface area contributed by atoms with E-state index in [2.05, 4.69) is 26.5 Å². The summed E-state index contributed by atoms with van der Waals surface area (Å²) in [6.07, 6.45) is -3.29. The molecule has 8 heteroatoms. The van der Waals surface area contributed by atoms with Gasteiger partial charge in [0.2, 0.25) is 0 Å². The molecule has 2 aromatic carbocycles. The molecule has 0 aliphatic carbocycles. The van der Waals surface area contributed by atoms with Gasteiger partial charge in [0, 0.05) is 0 Å². The third kappa shape index (κ3) is 5.90. The lowest BCUT2D eigenvalue weighted by molar-refractivity contribution is -0.137. The first kappa shape index (κ1) is 19.0. The molecule has 2 rings (SSSR count). The van der Waals surface area contributed by atoms with E-state index < -0.39 is 17.6 Å². The molecule has 0 bridgehead atoms. The highest BCUT2D eigenvalue weighted by molar-refractivity contribution is 9.10. The Labute approximate surface area is 150 Å². The lowest BCUT2D eigenvalue weighted by atomic mass is 10.1. The molecule has 132 valence electrons. The normalized spacial score (nSPS) is 11.6. The van der Waals surface area contributed by atoms with E-state index >= 15 is 0 Å². The number of benzene rings is 2. The number of carbonyl (C=O) groups excluding carboxylic acids is 1. The van der Waals surface area contributed by atoms with E-state index in [9.17, 15) is 18.0 Å². The monoisotopic (exact) mass is 414 g/mol. The molecular formula is C17H14BrF3N2O2. The van der Waals surface area contributed by atoms with Crippen molar-refractivity contribution in [3.8, 4) is 5.75 Å². The first-order valence-electron chi connectivity index (χ1n) is 7.14. The second-order valence-corrected chi connectivity index (χ2v) is 5.99. The number of hydrazone groups is 1. The van der Waals surface area contributed by atoms with Crippen LogP contribution in [0.5, 0.6) is 5.75 Å². The maximum atomic E-state index is 12.6. The number of amides is 1. The molecule has 0 aromatic heterocycles. The molecule has 25 heavy (non-hydrogen) atoms. The summed E-state index contributed by atoms with van der Waals surface area (Å²) in [5.41, 5.74) is 2.67. The molecular weight excluding hydrogens is 401 g/mol. The van der Waals surface area contributed by atoms with E-state index in [4.69, 9.17) is 4.74 Å². The van der Waals surface area contributed by atoms with Crippen molar-refractivity contribution in [3.63, 3.8) is 0 Å². The number of nitrogens with one attached hydrogen (secondary N) is 1. The van der Waals surface area contributed by atoms with Gasteiger partial charge in [0.25, 0.3) is 5.91 Å². The first-order chi connectivity index (χ1) is 11.8. The van der Waals surface area contributed by atoms with Gasteiger partial charge >= 0.3 is 6.18 Å². The van der Waals surface area contributed by atoms with Gasteiger partial charge in [-0.1, -0.05) is 18.2 Å². The van der Waals surface area contributed by atoms with Crippen molar-refractivity contribution in [3.05, 3.63) is 63.6 Å².